The van der Waals surface area contributed by atoms with Gasteiger partial charge in [-0.1, -0.05) is 76.3 Å². The summed E-state index contributed by atoms with van der Waals surface area (Å²) in [6.07, 6.45) is 9.20. The largest absolute Gasteiger partial charge is 0.307 e. The van der Waals surface area contributed by atoms with Crippen LogP contribution in [0.4, 0.5) is 0 Å². The van der Waals surface area contributed by atoms with Crippen molar-refractivity contribution >= 4 is 0 Å². The first-order valence-corrected chi connectivity index (χ1v) is 8.08. The van der Waals surface area contributed by atoms with E-state index in [2.05, 4.69) is 56.4 Å². The third-order valence-corrected chi connectivity index (χ3v) is 3.76. The van der Waals surface area contributed by atoms with Crippen LogP contribution >= 0.6 is 0 Å². The van der Waals surface area contributed by atoms with E-state index in [1.54, 1.807) is 0 Å². The van der Waals surface area contributed by atoms with Crippen molar-refractivity contribution in [1.82, 2.24) is 5.32 Å². The summed E-state index contributed by atoms with van der Waals surface area (Å²) in [5.41, 5.74) is 1.43. The predicted molar refractivity (Wildman–Crippen MR) is 85.4 cm³/mol. The van der Waals surface area contributed by atoms with Gasteiger partial charge in [0.15, 0.2) is 0 Å². The Balaban J connectivity index is 2.40. The molecular formula is C18H31N. The number of nitrogens with one attached hydrogen (secondary N) is 1. The van der Waals surface area contributed by atoms with Crippen molar-refractivity contribution in [3.63, 3.8) is 0 Å². The van der Waals surface area contributed by atoms with Crippen molar-refractivity contribution in [3.8, 4) is 0 Å². The highest BCUT2D eigenvalue weighted by molar-refractivity contribution is 5.18. The van der Waals surface area contributed by atoms with Gasteiger partial charge in [0.25, 0.3) is 0 Å². The molecule has 1 rings (SSSR count). The molecule has 0 aliphatic carbocycles. The van der Waals surface area contributed by atoms with Crippen LogP contribution in [0.2, 0.25) is 0 Å². The smallest absolute Gasteiger partial charge is 0.0322 e. The van der Waals surface area contributed by atoms with Crippen LogP contribution in [0, 0.1) is 0 Å². The lowest BCUT2D eigenvalue weighted by molar-refractivity contribution is 0.403. The molecule has 0 radical (unpaired) electrons. The molecular weight excluding hydrogens is 230 g/mol. The molecule has 0 fully saturated rings. The first kappa shape index (κ1) is 16.2. The zero-order valence-electron chi connectivity index (χ0n) is 13.0. The molecule has 1 aromatic rings. The second-order valence-electron chi connectivity index (χ2n) is 5.67. The van der Waals surface area contributed by atoms with Gasteiger partial charge >= 0.3 is 0 Å². The van der Waals surface area contributed by atoms with Gasteiger partial charge in [0.1, 0.15) is 0 Å². The van der Waals surface area contributed by atoms with Crippen LogP contribution in [0.1, 0.15) is 77.3 Å². The Kier molecular flexibility index (Phi) is 8.57. The first-order valence-electron chi connectivity index (χ1n) is 8.08. The Morgan fingerprint density at radius 3 is 2.26 bits per heavy atom. The molecule has 19 heavy (non-hydrogen) atoms. The molecule has 0 heterocycles. The van der Waals surface area contributed by atoms with Gasteiger partial charge < -0.3 is 5.32 Å². The maximum atomic E-state index is 3.81. The van der Waals surface area contributed by atoms with E-state index in [0.29, 0.717) is 12.1 Å². The van der Waals surface area contributed by atoms with Gasteiger partial charge in [-0.05, 0) is 25.3 Å². The SMILES string of the molecule is CCCCCCC(C)NC(CCC)c1ccccc1. The molecule has 0 aliphatic heterocycles. The van der Waals surface area contributed by atoms with E-state index in [1.807, 2.05) is 0 Å². The van der Waals surface area contributed by atoms with E-state index >= 15 is 0 Å². The Labute approximate surface area is 119 Å². The van der Waals surface area contributed by atoms with Gasteiger partial charge in [-0.25, -0.2) is 0 Å². The van der Waals surface area contributed by atoms with Crippen LogP contribution in [-0.2, 0) is 0 Å². The van der Waals surface area contributed by atoms with E-state index < -0.39 is 0 Å². The Morgan fingerprint density at radius 2 is 1.63 bits per heavy atom. The van der Waals surface area contributed by atoms with Crippen molar-refractivity contribution in [2.75, 3.05) is 0 Å². The number of benzene rings is 1. The fourth-order valence-corrected chi connectivity index (χ4v) is 2.62. The standard InChI is InChI=1S/C18H31N/c1-4-6-7-9-13-16(3)19-18(12-5-2)17-14-10-8-11-15-17/h8,10-11,14-16,18-19H,4-7,9,12-13H2,1-3H3. The van der Waals surface area contributed by atoms with Crippen molar-refractivity contribution in [3.05, 3.63) is 35.9 Å². The van der Waals surface area contributed by atoms with Gasteiger partial charge in [-0.15, -0.1) is 0 Å². The Hall–Kier alpha value is -0.820. The van der Waals surface area contributed by atoms with Crippen molar-refractivity contribution in [1.29, 1.82) is 0 Å². The molecule has 1 nitrogen and oxygen atoms in total. The highest BCUT2D eigenvalue weighted by Gasteiger charge is 2.12. The van der Waals surface area contributed by atoms with Gasteiger partial charge in [0.05, 0.1) is 0 Å². The Bertz CT molecular complexity index is 307. The molecule has 0 aromatic heterocycles. The van der Waals surface area contributed by atoms with E-state index in [9.17, 15) is 0 Å². The molecule has 108 valence electrons. The van der Waals surface area contributed by atoms with E-state index in [0.717, 1.165) is 0 Å². The van der Waals surface area contributed by atoms with Crippen LogP contribution in [0.5, 0.6) is 0 Å². The minimum atomic E-state index is 0.521. The zero-order valence-corrected chi connectivity index (χ0v) is 13.0. The van der Waals surface area contributed by atoms with Crippen molar-refractivity contribution in [2.24, 2.45) is 0 Å². The lowest BCUT2D eigenvalue weighted by atomic mass is 10.00. The normalized spacial score (nSPS) is 14.3. The van der Waals surface area contributed by atoms with Gasteiger partial charge in [0.2, 0.25) is 0 Å². The van der Waals surface area contributed by atoms with Gasteiger partial charge in [-0.2, -0.15) is 0 Å². The summed E-state index contributed by atoms with van der Waals surface area (Å²) in [6.45, 7) is 6.87. The third kappa shape index (κ3) is 6.77. The maximum Gasteiger partial charge on any atom is 0.0322 e. The highest BCUT2D eigenvalue weighted by atomic mass is 14.9. The molecule has 1 heteroatoms. The molecule has 1 N–H and O–H groups in total. The molecule has 0 spiro atoms. The summed E-state index contributed by atoms with van der Waals surface area (Å²) < 4.78 is 0. The molecule has 0 saturated heterocycles. The van der Waals surface area contributed by atoms with Crippen LogP contribution < -0.4 is 5.32 Å². The molecule has 0 bridgehead atoms. The monoisotopic (exact) mass is 261 g/mol. The van der Waals surface area contributed by atoms with E-state index in [4.69, 9.17) is 0 Å². The van der Waals surface area contributed by atoms with Crippen molar-refractivity contribution in [2.45, 2.75) is 77.8 Å². The zero-order chi connectivity index (χ0) is 13.9. The number of hydrogen-bond donors (Lipinski definition) is 1. The fraction of sp³-hybridized carbons (Fsp3) is 0.667. The Morgan fingerprint density at radius 1 is 0.895 bits per heavy atom. The quantitative estimate of drug-likeness (QED) is 0.550. The lowest BCUT2D eigenvalue weighted by Crippen LogP contribution is -2.30. The molecule has 0 saturated carbocycles. The lowest BCUT2D eigenvalue weighted by Gasteiger charge is -2.23. The second kappa shape index (κ2) is 10.0. The minimum Gasteiger partial charge on any atom is -0.307 e. The van der Waals surface area contributed by atoms with Crippen LogP contribution in [0.3, 0.4) is 0 Å². The van der Waals surface area contributed by atoms with Gasteiger partial charge in [-0.3, -0.25) is 0 Å². The molecule has 1 aromatic carbocycles. The minimum absolute atomic E-state index is 0.521. The first-order chi connectivity index (χ1) is 9.27. The predicted octanol–water partition coefficient (Wildman–Crippen LogP) is 5.48. The van der Waals surface area contributed by atoms with Crippen LogP contribution in [-0.4, -0.2) is 6.04 Å². The van der Waals surface area contributed by atoms with Crippen molar-refractivity contribution < 1.29 is 0 Å². The highest BCUT2D eigenvalue weighted by Crippen LogP contribution is 2.19. The topological polar surface area (TPSA) is 12.0 Å². The molecule has 0 amide bonds. The van der Waals surface area contributed by atoms with E-state index in [1.165, 1.54) is 50.5 Å². The van der Waals surface area contributed by atoms with Crippen LogP contribution in [0.15, 0.2) is 30.3 Å². The molecule has 2 atom stereocenters. The summed E-state index contributed by atoms with van der Waals surface area (Å²) in [6, 6.07) is 12.0. The van der Waals surface area contributed by atoms with E-state index in [-0.39, 0.29) is 0 Å². The average molecular weight is 261 g/mol. The molecule has 2 unspecified atom stereocenters. The maximum absolute atomic E-state index is 3.81. The number of rotatable bonds is 10. The number of unbranched alkanes of at least 4 members (excludes halogenated alkanes) is 3. The second-order valence-corrected chi connectivity index (χ2v) is 5.67. The summed E-state index contributed by atoms with van der Waals surface area (Å²) in [5, 5.41) is 3.81. The summed E-state index contributed by atoms with van der Waals surface area (Å²) in [7, 11) is 0. The summed E-state index contributed by atoms with van der Waals surface area (Å²) in [4.78, 5) is 0. The molecule has 0 aliphatic rings. The third-order valence-electron chi connectivity index (χ3n) is 3.76. The average Bonchev–Trinajstić information content (AvgIpc) is 2.44. The summed E-state index contributed by atoms with van der Waals surface area (Å²) in [5.74, 6) is 0. The fourth-order valence-electron chi connectivity index (χ4n) is 2.62. The van der Waals surface area contributed by atoms with Crippen LogP contribution in [0.25, 0.3) is 0 Å². The summed E-state index contributed by atoms with van der Waals surface area (Å²) >= 11 is 0. The van der Waals surface area contributed by atoms with Gasteiger partial charge in [0, 0.05) is 12.1 Å². The number of hydrogen-bond acceptors (Lipinski definition) is 1.